The van der Waals surface area contributed by atoms with Crippen LogP contribution in [0.4, 0.5) is 0 Å². The quantitative estimate of drug-likeness (QED) is 0.197. The van der Waals surface area contributed by atoms with Gasteiger partial charge >= 0.3 is 11.9 Å². The Balaban J connectivity index is 5.03. The molecule has 0 saturated heterocycles. The van der Waals surface area contributed by atoms with Crippen molar-refractivity contribution in [3.63, 3.8) is 0 Å². The summed E-state index contributed by atoms with van der Waals surface area (Å²) in [5.41, 5.74) is 5.73. The zero-order valence-corrected chi connectivity index (χ0v) is 18.5. The Morgan fingerprint density at radius 1 is 0.900 bits per heavy atom. The van der Waals surface area contributed by atoms with Crippen molar-refractivity contribution in [2.45, 2.75) is 64.2 Å². The van der Waals surface area contributed by atoms with E-state index in [1.54, 1.807) is 13.8 Å². The first-order valence-electron chi connectivity index (χ1n) is 9.49. The lowest BCUT2D eigenvalue weighted by molar-refractivity contribution is -0.143. The number of hydrogen-bond acceptors (Lipinski definition) is 7. The minimum absolute atomic E-state index is 0.0155. The fourth-order valence-corrected chi connectivity index (χ4v) is 2.90. The molecule has 0 spiro atoms. The van der Waals surface area contributed by atoms with E-state index < -0.39 is 60.2 Å². The van der Waals surface area contributed by atoms with Crippen LogP contribution in [0, 0.1) is 5.92 Å². The molecule has 4 unspecified atom stereocenters. The molecule has 11 nitrogen and oxygen atoms in total. The molecule has 0 fully saturated rings. The zero-order valence-electron chi connectivity index (χ0n) is 17.6. The number of carboxylic acid groups (broad SMARTS) is 2. The maximum absolute atomic E-state index is 12.4. The second-order valence-corrected chi connectivity index (χ2v) is 8.29. The van der Waals surface area contributed by atoms with E-state index in [2.05, 4.69) is 16.0 Å². The van der Waals surface area contributed by atoms with Crippen molar-refractivity contribution in [2.24, 2.45) is 11.7 Å². The number of amides is 3. The number of hydrogen-bond donors (Lipinski definition) is 6. The molecule has 7 N–H and O–H groups in total. The smallest absolute Gasteiger partial charge is 0.326 e. The maximum Gasteiger partial charge on any atom is 0.326 e. The Labute approximate surface area is 179 Å². The second-order valence-electron chi connectivity index (χ2n) is 7.31. The highest BCUT2D eigenvalue weighted by molar-refractivity contribution is 7.98. The lowest BCUT2D eigenvalue weighted by Gasteiger charge is -2.23. The predicted molar refractivity (Wildman–Crippen MR) is 112 cm³/mol. The van der Waals surface area contributed by atoms with Crippen LogP contribution in [0.5, 0.6) is 0 Å². The van der Waals surface area contributed by atoms with Crippen molar-refractivity contribution in [3.05, 3.63) is 0 Å². The van der Waals surface area contributed by atoms with Crippen LogP contribution in [0.1, 0.15) is 40.0 Å². The van der Waals surface area contributed by atoms with E-state index in [1.807, 2.05) is 6.26 Å². The van der Waals surface area contributed by atoms with Gasteiger partial charge in [0.2, 0.25) is 17.7 Å². The lowest BCUT2D eigenvalue weighted by atomic mass is 10.0. The normalized spacial score (nSPS) is 14.9. The summed E-state index contributed by atoms with van der Waals surface area (Å²) in [6.45, 7) is 4.93. The van der Waals surface area contributed by atoms with E-state index in [9.17, 15) is 29.1 Å². The minimum Gasteiger partial charge on any atom is -0.481 e. The molecular formula is C18H32N4O7S. The van der Waals surface area contributed by atoms with E-state index in [-0.39, 0.29) is 12.3 Å². The number of aliphatic carboxylic acids is 2. The molecule has 0 bridgehead atoms. The third kappa shape index (κ3) is 11.0. The fraction of sp³-hybridized carbons (Fsp3) is 0.722. The highest BCUT2D eigenvalue weighted by Crippen LogP contribution is 2.06. The summed E-state index contributed by atoms with van der Waals surface area (Å²) >= 11 is 1.49. The molecule has 0 saturated carbocycles. The summed E-state index contributed by atoms with van der Waals surface area (Å²) in [7, 11) is 0. The van der Waals surface area contributed by atoms with Crippen molar-refractivity contribution < 1.29 is 34.2 Å². The van der Waals surface area contributed by atoms with Gasteiger partial charge in [0.15, 0.2) is 0 Å². The van der Waals surface area contributed by atoms with Crippen molar-refractivity contribution >= 4 is 41.4 Å². The van der Waals surface area contributed by atoms with Gasteiger partial charge in [-0.1, -0.05) is 13.8 Å². The Kier molecular flexibility index (Phi) is 12.7. The van der Waals surface area contributed by atoms with Crippen LogP contribution in [0.2, 0.25) is 0 Å². The van der Waals surface area contributed by atoms with E-state index in [1.165, 1.54) is 18.7 Å². The molecule has 3 amide bonds. The molecule has 0 aliphatic rings. The standard InChI is InChI=1S/C18H32N4O7S/c1-9(2)7-13(18(28)29)22-15(25)10(3)20-17(27)12(8-14(23)24)21-16(26)11(19)5-6-30-4/h9-13H,5-8,19H2,1-4H3,(H,20,27)(H,21,26)(H,22,25)(H,23,24)(H,28,29). The van der Waals surface area contributed by atoms with Crippen LogP contribution >= 0.6 is 11.8 Å². The highest BCUT2D eigenvalue weighted by atomic mass is 32.2. The van der Waals surface area contributed by atoms with E-state index in [0.717, 1.165) is 0 Å². The molecule has 0 aromatic heterocycles. The summed E-state index contributed by atoms with van der Waals surface area (Å²) < 4.78 is 0. The number of nitrogens with two attached hydrogens (primary N) is 1. The molecule has 0 aromatic rings. The van der Waals surface area contributed by atoms with Crippen molar-refractivity contribution in [2.75, 3.05) is 12.0 Å². The number of rotatable bonds is 14. The third-order valence-electron chi connectivity index (χ3n) is 4.06. The molecule has 0 aliphatic heterocycles. The Hall–Kier alpha value is -2.34. The third-order valence-corrected chi connectivity index (χ3v) is 4.70. The van der Waals surface area contributed by atoms with Crippen molar-refractivity contribution in [1.29, 1.82) is 0 Å². The van der Waals surface area contributed by atoms with E-state index >= 15 is 0 Å². The molecule has 12 heteroatoms. The summed E-state index contributed by atoms with van der Waals surface area (Å²) in [6, 6.07) is -4.61. The average molecular weight is 449 g/mol. The Morgan fingerprint density at radius 3 is 1.93 bits per heavy atom. The van der Waals surface area contributed by atoms with Gasteiger partial charge in [-0.3, -0.25) is 19.2 Å². The largest absolute Gasteiger partial charge is 0.481 e. The molecule has 172 valence electrons. The average Bonchev–Trinajstić information content (AvgIpc) is 2.63. The van der Waals surface area contributed by atoms with Crippen LogP contribution in [0.25, 0.3) is 0 Å². The molecule has 4 atom stereocenters. The van der Waals surface area contributed by atoms with Gasteiger partial charge in [-0.15, -0.1) is 0 Å². The number of carbonyl (C=O) groups is 5. The van der Waals surface area contributed by atoms with Gasteiger partial charge in [0, 0.05) is 0 Å². The summed E-state index contributed by atoms with van der Waals surface area (Å²) in [5.74, 6) is -4.20. The van der Waals surface area contributed by atoms with Gasteiger partial charge in [0.25, 0.3) is 0 Å². The monoisotopic (exact) mass is 448 g/mol. The predicted octanol–water partition coefficient (Wildman–Crippen LogP) is -0.853. The topological polar surface area (TPSA) is 188 Å². The van der Waals surface area contributed by atoms with Gasteiger partial charge in [0.05, 0.1) is 12.5 Å². The van der Waals surface area contributed by atoms with Gasteiger partial charge in [-0.05, 0) is 37.7 Å². The first kappa shape index (κ1) is 27.7. The van der Waals surface area contributed by atoms with Crippen LogP contribution < -0.4 is 21.7 Å². The van der Waals surface area contributed by atoms with Gasteiger partial charge in [-0.2, -0.15) is 11.8 Å². The lowest BCUT2D eigenvalue weighted by Crippen LogP contribution is -2.56. The van der Waals surface area contributed by atoms with Crippen molar-refractivity contribution in [3.8, 4) is 0 Å². The zero-order chi connectivity index (χ0) is 23.4. The first-order chi connectivity index (χ1) is 13.9. The molecule has 0 aliphatic carbocycles. The Morgan fingerprint density at radius 2 is 1.47 bits per heavy atom. The van der Waals surface area contributed by atoms with Gasteiger partial charge < -0.3 is 31.9 Å². The fourth-order valence-electron chi connectivity index (χ4n) is 2.41. The molecular weight excluding hydrogens is 416 g/mol. The number of carbonyl (C=O) groups excluding carboxylic acids is 3. The van der Waals surface area contributed by atoms with Gasteiger partial charge in [-0.25, -0.2) is 4.79 Å². The number of nitrogens with one attached hydrogen (secondary N) is 3. The molecule has 0 heterocycles. The van der Waals surface area contributed by atoms with E-state index in [4.69, 9.17) is 10.8 Å². The van der Waals surface area contributed by atoms with Crippen LogP contribution in [-0.4, -0.2) is 76.0 Å². The highest BCUT2D eigenvalue weighted by Gasteiger charge is 2.29. The van der Waals surface area contributed by atoms with Crippen molar-refractivity contribution in [1.82, 2.24) is 16.0 Å². The van der Waals surface area contributed by atoms with E-state index in [0.29, 0.717) is 12.2 Å². The SMILES string of the molecule is CSCCC(N)C(=O)NC(CC(=O)O)C(=O)NC(C)C(=O)NC(CC(C)C)C(=O)O. The number of thioether (sulfide) groups is 1. The van der Waals surface area contributed by atoms with Crippen LogP contribution in [0.3, 0.4) is 0 Å². The first-order valence-corrected chi connectivity index (χ1v) is 10.9. The second kappa shape index (κ2) is 13.8. The number of carboxylic acids is 2. The maximum atomic E-state index is 12.4. The van der Waals surface area contributed by atoms with Gasteiger partial charge in [0.1, 0.15) is 18.1 Å². The summed E-state index contributed by atoms with van der Waals surface area (Å²) in [4.78, 5) is 59.2. The summed E-state index contributed by atoms with van der Waals surface area (Å²) in [5, 5.41) is 25.2. The summed E-state index contributed by atoms with van der Waals surface area (Å²) in [6.07, 6.45) is 1.69. The minimum atomic E-state index is -1.43. The molecule has 0 radical (unpaired) electrons. The Bertz CT molecular complexity index is 630. The van der Waals surface area contributed by atoms with Crippen LogP contribution in [-0.2, 0) is 24.0 Å². The van der Waals surface area contributed by atoms with Crippen LogP contribution in [0.15, 0.2) is 0 Å². The molecule has 30 heavy (non-hydrogen) atoms. The molecule has 0 aromatic carbocycles. The molecule has 0 rings (SSSR count).